The van der Waals surface area contributed by atoms with Crippen molar-refractivity contribution in [2.24, 2.45) is 0 Å². The highest BCUT2D eigenvalue weighted by Crippen LogP contribution is 2.15. The zero-order valence-electron chi connectivity index (χ0n) is 16.4. The zero-order valence-corrected chi connectivity index (χ0v) is 16.4. The molecule has 0 aromatic heterocycles. The van der Waals surface area contributed by atoms with Crippen molar-refractivity contribution < 1.29 is 23.9 Å². The van der Waals surface area contributed by atoms with Gasteiger partial charge >= 0.3 is 12.1 Å². The van der Waals surface area contributed by atoms with E-state index in [0.717, 1.165) is 0 Å². The van der Waals surface area contributed by atoms with Crippen LogP contribution in [0.3, 0.4) is 0 Å². The smallest absolute Gasteiger partial charge is 0.412 e. The van der Waals surface area contributed by atoms with Gasteiger partial charge in [-0.15, -0.1) is 0 Å². The minimum atomic E-state index is -0.941. The number of amides is 2. The lowest BCUT2D eigenvalue weighted by atomic mass is 10.1. The largest absolute Gasteiger partial charge is 0.449 e. The van der Waals surface area contributed by atoms with E-state index in [9.17, 15) is 14.4 Å². The molecule has 0 heterocycles. The summed E-state index contributed by atoms with van der Waals surface area (Å²) in [7, 11) is 0. The highest BCUT2D eigenvalue weighted by molar-refractivity contribution is 5.94. The molecule has 0 aliphatic rings. The number of nitrogens with one attached hydrogen (secondary N) is 2. The number of hydrogen-bond acceptors (Lipinski definition) is 5. The summed E-state index contributed by atoms with van der Waals surface area (Å²) in [5, 5.41) is 5.30. The van der Waals surface area contributed by atoms with Crippen LogP contribution in [-0.4, -0.2) is 35.2 Å². The van der Waals surface area contributed by atoms with Crippen LogP contribution in [0.25, 0.3) is 0 Å². The summed E-state index contributed by atoms with van der Waals surface area (Å²) in [6.07, 6.45) is -1.56. The second-order valence-electron chi connectivity index (χ2n) is 7.99. The van der Waals surface area contributed by atoms with Crippen molar-refractivity contribution in [3.05, 3.63) is 29.8 Å². The van der Waals surface area contributed by atoms with Crippen molar-refractivity contribution in [2.45, 2.75) is 65.7 Å². The molecule has 0 aliphatic carbocycles. The van der Waals surface area contributed by atoms with Crippen LogP contribution in [0.1, 0.15) is 58.8 Å². The fourth-order valence-corrected chi connectivity index (χ4v) is 1.90. The van der Waals surface area contributed by atoms with Crippen molar-refractivity contribution in [2.75, 3.05) is 5.32 Å². The van der Waals surface area contributed by atoms with Gasteiger partial charge in [0.15, 0.2) is 6.10 Å². The van der Waals surface area contributed by atoms with E-state index < -0.39 is 29.3 Å². The van der Waals surface area contributed by atoms with E-state index in [4.69, 9.17) is 9.47 Å². The lowest BCUT2D eigenvalue weighted by Crippen LogP contribution is -2.46. The molecule has 0 saturated carbocycles. The number of carbonyl (C=O) groups is 3. The van der Waals surface area contributed by atoms with Gasteiger partial charge in [0, 0.05) is 11.2 Å². The Morgan fingerprint density at radius 2 is 1.65 bits per heavy atom. The van der Waals surface area contributed by atoms with Crippen LogP contribution >= 0.6 is 0 Å². The lowest BCUT2D eigenvalue weighted by molar-refractivity contribution is -0.130. The van der Waals surface area contributed by atoms with Crippen LogP contribution in [0.15, 0.2) is 24.3 Å². The number of carbonyl (C=O) groups excluding carboxylic acids is 3. The van der Waals surface area contributed by atoms with Crippen LogP contribution in [0.4, 0.5) is 10.5 Å². The maximum atomic E-state index is 12.2. The van der Waals surface area contributed by atoms with Gasteiger partial charge in [-0.1, -0.05) is 6.07 Å². The van der Waals surface area contributed by atoms with Gasteiger partial charge in [0.25, 0.3) is 5.91 Å². The molecule has 2 N–H and O–H groups in total. The summed E-state index contributed by atoms with van der Waals surface area (Å²) < 4.78 is 10.4. The lowest BCUT2D eigenvalue weighted by Gasteiger charge is -2.23. The van der Waals surface area contributed by atoms with Crippen LogP contribution in [0.5, 0.6) is 0 Å². The molecule has 1 atom stereocenters. The molecule has 144 valence electrons. The summed E-state index contributed by atoms with van der Waals surface area (Å²) in [6.45, 7) is 12.3. The average Bonchev–Trinajstić information content (AvgIpc) is 2.43. The Balaban J connectivity index is 2.73. The predicted molar refractivity (Wildman–Crippen MR) is 99.1 cm³/mol. The molecule has 0 saturated heterocycles. The molecule has 0 unspecified atom stereocenters. The quantitative estimate of drug-likeness (QED) is 0.798. The van der Waals surface area contributed by atoms with Gasteiger partial charge in [-0.2, -0.15) is 0 Å². The van der Waals surface area contributed by atoms with Gasteiger partial charge in [0.2, 0.25) is 0 Å². The molecule has 26 heavy (non-hydrogen) atoms. The molecule has 0 spiro atoms. The van der Waals surface area contributed by atoms with Gasteiger partial charge in [0.1, 0.15) is 5.60 Å². The second-order valence-corrected chi connectivity index (χ2v) is 7.99. The molecule has 0 aliphatic heterocycles. The van der Waals surface area contributed by atoms with Gasteiger partial charge in [-0.3, -0.25) is 10.1 Å². The second kappa shape index (κ2) is 8.21. The van der Waals surface area contributed by atoms with Crippen molar-refractivity contribution in [1.82, 2.24) is 5.32 Å². The normalized spacial score (nSPS) is 12.7. The Morgan fingerprint density at radius 3 is 2.19 bits per heavy atom. The SMILES string of the molecule is C[C@H](OC(=O)c1cccc(NC(=O)OC(C)(C)C)c1)C(=O)NC(C)(C)C. The zero-order chi connectivity index (χ0) is 20.1. The number of hydrogen-bond donors (Lipinski definition) is 2. The molecule has 1 aromatic carbocycles. The van der Waals surface area contributed by atoms with Crippen LogP contribution < -0.4 is 10.6 Å². The topological polar surface area (TPSA) is 93.7 Å². The summed E-state index contributed by atoms with van der Waals surface area (Å²) in [4.78, 5) is 36.1. The first-order valence-corrected chi connectivity index (χ1v) is 8.40. The Labute approximate surface area is 154 Å². The van der Waals surface area contributed by atoms with Gasteiger partial charge in [0.05, 0.1) is 5.56 Å². The van der Waals surface area contributed by atoms with Crippen molar-refractivity contribution in [1.29, 1.82) is 0 Å². The Kier molecular flexibility index (Phi) is 6.78. The maximum Gasteiger partial charge on any atom is 0.412 e. The van der Waals surface area contributed by atoms with Crippen LogP contribution in [0.2, 0.25) is 0 Å². The van der Waals surface area contributed by atoms with Crippen LogP contribution in [-0.2, 0) is 14.3 Å². The fraction of sp³-hybridized carbons (Fsp3) is 0.526. The monoisotopic (exact) mass is 364 g/mol. The third-order valence-electron chi connectivity index (χ3n) is 2.89. The Bertz CT molecular complexity index is 671. The number of benzene rings is 1. The van der Waals surface area contributed by atoms with E-state index in [1.165, 1.54) is 19.1 Å². The molecule has 0 bridgehead atoms. The highest BCUT2D eigenvalue weighted by atomic mass is 16.6. The first-order chi connectivity index (χ1) is 11.8. The summed E-state index contributed by atoms with van der Waals surface area (Å²) in [5.74, 6) is -1.04. The van der Waals surface area contributed by atoms with E-state index in [0.29, 0.717) is 5.69 Å². The minimum absolute atomic E-state index is 0.217. The van der Waals surface area contributed by atoms with E-state index in [1.54, 1.807) is 32.9 Å². The molecule has 7 nitrogen and oxygen atoms in total. The van der Waals surface area contributed by atoms with E-state index >= 15 is 0 Å². The highest BCUT2D eigenvalue weighted by Gasteiger charge is 2.23. The predicted octanol–water partition coefficient (Wildman–Crippen LogP) is 3.49. The molecule has 7 heteroatoms. The number of anilines is 1. The van der Waals surface area contributed by atoms with Crippen molar-refractivity contribution >= 4 is 23.7 Å². The Hall–Kier alpha value is -2.57. The van der Waals surface area contributed by atoms with Crippen molar-refractivity contribution in [3.8, 4) is 0 Å². The molecule has 1 aromatic rings. The third-order valence-corrected chi connectivity index (χ3v) is 2.89. The molecule has 2 amide bonds. The Morgan fingerprint density at radius 1 is 1.04 bits per heavy atom. The third kappa shape index (κ3) is 8.00. The summed E-state index contributed by atoms with van der Waals surface area (Å²) in [6, 6.07) is 6.22. The molecule has 0 radical (unpaired) electrons. The van der Waals surface area contributed by atoms with E-state index in [1.807, 2.05) is 20.8 Å². The molecular weight excluding hydrogens is 336 g/mol. The molecular formula is C19H28N2O5. The number of esters is 1. The standard InChI is InChI=1S/C19H28N2O5/c1-12(15(22)21-18(2,3)4)25-16(23)13-9-8-10-14(11-13)20-17(24)26-19(5,6)7/h8-12H,1-7H3,(H,20,24)(H,21,22)/t12-/m0/s1. The minimum Gasteiger partial charge on any atom is -0.449 e. The summed E-state index contributed by atoms with van der Waals surface area (Å²) in [5.41, 5.74) is -0.444. The van der Waals surface area contributed by atoms with E-state index in [2.05, 4.69) is 10.6 Å². The number of rotatable bonds is 4. The van der Waals surface area contributed by atoms with E-state index in [-0.39, 0.29) is 11.5 Å². The molecule has 1 rings (SSSR count). The van der Waals surface area contributed by atoms with Gasteiger partial charge < -0.3 is 14.8 Å². The maximum absolute atomic E-state index is 12.2. The number of ether oxygens (including phenoxy) is 2. The van der Waals surface area contributed by atoms with Gasteiger partial charge in [-0.05, 0) is 66.7 Å². The first kappa shape index (κ1) is 21.5. The molecule has 0 fully saturated rings. The summed E-state index contributed by atoms with van der Waals surface area (Å²) >= 11 is 0. The fourth-order valence-electron chi connectivity index (χ4n) is 1.90. The first-order valence-electron chi connectivity index (χ1n) is 8.40. The van der Waals surface area contributed by atoms with Crippen molar-refractivity contribution in [3.63, 3.8) is 0 Å². The van der Waals surface area contributed by atoms with Gasteiger partial charge in [-0.25, -0.2) is 9.59 Å². The average molecular weight is 364 g/mol. The van der Waals surface area contributed by atoms with Crippen LogP contribution in [0, 0.1) is 0 Å².